The molecule has 1 amide bonds. The molecule has 0 bridgehead atoms. The number of piperazine rings is 1. The molecule has 2 N–H and O–H groups in total. The van der Waals surface area contributed by atoms with Gasteiger partial charge in [-0.15, -0.1) is 0 Å². The standard InChI is InChI=1S/C34H34F5N7O5/c1-7-50-31(48)19-14-44(5)30-17(28(19)47)10-16(12-42-30)18-13-41-29-24(27(18)46-9-8-40-22(15-46)34(37,38)39)23-25(36)20(35)11-21(26(23)43-29)45(6)32(49)51-33(2,3)4/h10-14,22,40H,7-9,15H2,1-6H3,(H,41,43)/t22-/m0/s1. The first-order valence-corrected chi connectivity index (χ1v) is 15.9. The number of rotatable bonds is 5. The van der Waals surface area contributed by atoms with E-state index in [2.05, 4.69) is 20.3 Å². The number of carbonyl (C=O) groups excluding carboxylic acids is 2. The summed E-state index contributed by atoms with van der Waals surface area (Å²) in [5, 5.41) is 2.03. The summed E-state index contributed by atoms with van der Waals surface area (Å²) in [6, 6.07) is 0.250. The molecule has 1 aliphatic rings. The summed E-state index contributed by atoms with van der Waals surface area (Å²) in [4.78, 5) is 53.4. The number of carbonyl (C=O) groups is 2. The number of nitrogens with zero attached hydrogens (tertiary/aromatic N) is 5. The monoisotopic (exact) mass is 715 g/mol. The third-order valence-corrected chi connectivity index (χ3v) is 8.48. The van der Waals surface area contributed by atoms with Crippen molar-refractivity contribution < 1.29 is 41.0 Å². The van der Waals surface area contributed by atoms with Gasteiger partial charge in [-0.25, -0.2) is 28.3 Å². The number of amides is 1. The van der Waals surface area contributed by atoms with E-state index in [1.807, 2.05) is 0 Å². The molecule has 6 rings (SSSR count). The highest BCUT2D eigenvalue weighted by Gasteiger charge is 2.43. The summed E-state index contributed by atoms with van der Waals surface area (Å²) >= 11 is 0. The largest absolute Gasteiger partial charge is 0.462 e. The van der Waals surface area contributed by atoms with Crippen LogP contribution >= 0.6 is 0 Å². The number of pyridine rings is 3. The van der Waals surface area contributed by atoms with Crippen molar-refractivity contribution in [1.82, 2.24) is 24.8 Å². The number of ether oxygens (including phenoxy) is 2. The van der Waals surface area contributed by atoms with Gasteiger partial charge in [0, 0.05) is 69.5 Å². The number of halogens is 5. The predicted molar refractivity (Wildman–Crippen MR) is 180 cm³/mol. The van der Waals surface area contributed by atoms with E-state index in [1.165, 1.54) is 41.2 Å². The number of anilines is 2. The molecule has 1 saturated heterocycles. The van der Waals surface area contributed by atoms with Crippen LogP contribution in [-0.4, -0.2) is 82.7 Å². The minimum Gasteiger partial charge on any atom is -0.462 e. The highest BCUT2D eigenvalue weighted by molar-refractivity contribution is 6.19. The number of esters is 1. The molecule has 0 aliphatic carbocycles. The first-order chi connectivity index (χ1) is 23.9. The molecule has 17 heteroatoms. The average molecular weight is 716 g/mol. The van der Waals surface area contributed by atoms with Gasteiger partial charge in [0.15, 0.2) is 11.6 Å². The van der Waals surface area contributed by atoms with Gasteiger partial charge in [0.25, 0.3) is 0 Å². The van der Waals surface area contributed by atoms with Gasteiger partial charge >= 0.3 is 18.2 Å². The topological polar surface area (TPSA) is 135 Å². The maximum absolute atomic E-state index is 16.0. The summed E-state index contributed by atoms with van der Waals surface area (Å²) in [5.74, 6) is -3.51. The zero-order chi connectivity index (χ0) is 37.2. The summed E-state index contributed by atoms with van der Waals surface area (Å²) in [7, 11) is 2.88. The number of aryl methyl sites for hydroxylation is 1. The van der Waals surface area contributed by atoms with Crippen LogP contribution in [0.4, 0.5) is 38.1 Å². The number of aromatic amines is 1. The zero-order valence-corrected chi connectivity index (χ0v) is 28.5. The molecule has 51 heavy (non-hydrogen) atoms. The number of H-pyrrole nitrogens is 1. The second kappa shape index (κ2) is 12.8. The second-order valence-corrected chi connectivity index (χ2v) is 13.1. The Morgan fingerprint density at radius 2 is 1.82 bits per heavy atom. The lowest BCUT2D eigenvalue weighted by Crippen LogP contribution is -2.57. The van der Waals surface area contributed by atoms with Crippen molar-refractivity contribution in [2.45, 2.75) is 45.5 Å². The van der Waals surface area contributed by atoms with Crippen molar-refractivity contribution in [3.05, 3.63) is 58.1 Å². The normalized spacial score (nSPS) is 15.5. The Labute approximate surface area is 287 Å². The number of alkyl halides is 3. The molecular formula is C34H34F5N7O5. The minimum absolute atomic E-state index is 0.00231. The lowest BCUT2D eigenvalue weighted by molar-refractivity contribution is -0.155. The number of aromatic nitrogens is 4. The van der Waals surface area contributed by atoms with E-state index < -0.39 is 53.5 Å². The predicted octanol–water partition coefficient (Wildman–Crippen LogP) is 5.80. The third-order valence-electron chi connectivity index (χ3n) is 8.48. The number of fused-ring (bicyclic) bond motifs is 4. The smallest absolute Gasteiger partial charge is 0.414 e. The lowest BCUT2D eigenvalue weighted by Gasteiger charge is -2.37. The first-order valence-electron chi connectivity index (χ1n) is 15.9. The lowest BCUT2D eigenvalue weighted by atomic mass is 10.00. The van der Waals surface area contributed by atoms with E-state index in [-0.39, 0.29) is 80.7 Å². The van der Waals surface area contributed by atoms with Gasteiger partial charge in [-0.3, -0.25) is 9.69 Å². The summed E-state index contributed by atoms with van der Waals surface area (Å²) < 4.78 is 85.7. The fourth-order valence-corrected chi connectivity index (χ4v) is 6.20. The van der Waals surface area contributed by atoms with E-state index >= 15 is 8.78 Å². The number of nitrogens with one attached hydrogen (secondary N) is 2. The van der Waals surface area contributed by atoms with Crippen LogP contribution in [0.2, 0.25) is 0 Å². The molecule has 0 spiro atoms. The number of hydrogen-bond donors (Lipinski definition) is 2. The van der Waals surface area contributed by atoms with E-state index in [4.69, 9.17) is 9.47 Å². The maximum atomic E-state index is 16.0. The molecule has 1 atom stereocenters. The van der Waals surface area contributed by atoms with Crippen LogP contribution in [-0.2, 0) is 16.5 Å². The van der Waals surface area contributed by atoms with Crippen LogP contribution in [0, 0.1) is 11.6 Å². The SMILES string of the molecule is CCOC(=O)c1cn(C)c2ncc(-c3cnc4[nH]c5c(N(C)C(=O)OC(C)(C)C)cc(F)c(F)c5c4c3N3CCN[C@H](C(F)(F)F)C3)cc2c1=O. The highest BCUT2D eigenvalue weighted by atomic mass is 19.4. The Morgan fingerprint density at radius 1 is 1.10 bits per heavy atom. The Hall–Kier alpha value is -5.32. The van der Waals surface area contributed by atoms with E-state index in [0.717, 1.165) is 11.0 Å². The molecule has 5 aromatic rings. The molecule has 0 unspecified atom stereocenters. The van der Waals surface area contributed by atoms with E-state index in [1.54, 1.807) is 34.7 Å². The van der Waals surface area contributed by atoms with Gasteiger partial charge in [-0.05, 0) is 33.8 Å². The van der Waals surface area contributed by atoms with Crippen molar-refractivity contribution in [2.75, 3.05) is 43.1 Å². The molecule has 4 aromatic heterocycles. The summed E-state index contributed by atoms with van der Waals surface area (Å²) in [6.07, 6.45) is -1.53. The molecule has 1 aromatic carbocycles. The number of hydrogen-bond acceptors (Lipinski definition) is 9. The van der Waals surface area contributed by atoms with Gasteiger partial charge in [0.05, 0.1) is 39.7 Å². The quantitative estimate of drug-likeness (QED) is 0.171. The molecule has 0 radical (unpaired) electrons. The Morgan fingerprint density at radius 3 is 2.49 bits per heavy atom. The van der Waals surface area contributed by atoms with Crippen LogP contribution in [0.1, 0.15) is 38.1 Å². The molecule has 12 nitrogen and oxygen atoms in total. The second-order valence-electron chi connectivity index (χ2n) is 13.1. The molecule has 5 heterocycles. The van der Waals surface area contributed by atoms with Gasteiger partial charge < -0.3 is 29.2 Å². The Bertz CT molecular complexity index is 2280. The van der Waals surface area contributed by atoms with Crippen LogP contribution in [0.15, 0.2) is 35.5 Å². The van der Waals surface area contributed by atoms with Gasteiger partial charge in [0.1, 0.15) is 28.5 Å². The highest BCUT2D eigenvalue weighted by Crippen LogP contribution is 2.44. The summed E-state index contributed by atoms with van der Waals surface area (Å²) in [5.41, 5.74) is -1.46. The maximum Gasteiger partial charge on any atom is 0.414 e. The van der Waals surface area contributed by atoms with Crippen LogP contribution in [0.3, 0.4) is 0 Å². The Balaban J connectivity index is 1.66. The molecule has 270 valence electrons. The van der Waals surface area contributed by atoms with Crippen molar-refractivity contribution in [2.24, 2.45) is 7.05 Å². The third kappa shape index (κ3) is 6.41. The van der Waals surface area contributed by atoms with Crippen LogP contribution in [0.25, 0.3) is 44.1 Å². The molecule has 0 saturated carbocycles. The molecule has 1 fully saturated rings. The fraction of sp³-hybridized carbons (Fsp3) is 0.382. The van der Waals surface area contributed by atoms with Crippen molar-refractivity contribution >= 4 is 56.4 Å². The van der Waals surface area contributed by atoms with Crippen LogP contribution in [0.5, 0.6) is 0 Å². The first kappa shape index (κ1) is 35.5. The van der Waals surface area contributed by atoms with Crippen molar-refractivity contribution in [3.63, 3.8) is 0 Å². The average Bonchev–Trinajstić information content (AvgIpc) is 3.46. The molecular weight excluding hydrogens is 681 g/mol. The fourth-order valence-electron chi connectivity index (χ4n) is 6.20. The molecule has 1 aliphatic heterocycles. The van der Waals surface area contributed by atoms with E-state index in [0.29, 0.717) is 0 Å². The van der Waals surface area contributed by atoms with Crippen molar-refractivity contribution in [1.29, 1.82) is 0 Å². The number of benzene rings is 1. The van der Waals surface area contributed by atoms with Gasteiger partial charge in [-0.1, -0.05) is 0 Å². The van der Waals surface area contributed by atoms with Gasteiger partial charge in [0.2, 0.25) is 5.43 Å². The Kier molecular flexibility index (Phi) is 8.90. The minimum atomic E-state index is -4.65. The van der Waals surface area contributed by atoms with Crippen molar-refractivity contribution in [3.8, 4) is 11.1 Å². The van der Waals surface area contributed by atoms with E-state index in [9.17, 15) is 27.6 Å². The zero-order valence-electron chi connectivity index (χ0n) is 28.5. The van der Waals surface area contributed by atoms with Crippen LogP contribution < -0.4 is 20.5 Å². The summed E-state index contributed by atoms with van der Waals surface area (Å²) in [6.45, 7) is 5.81. The van der Waals surface area contributed by atoms with Gasteiger partial charge in [-0.2, -0.15) is 13.2 Å².